The van der Waals surface area contributed by atoms with E-state index in [4.69, 9.17) is 0 Å². The van der Waals surface area contributed by atoms with Crippen LogP contribution in [0.3, 0.4) is 0 Å². The van der Waals surface area contributed by atoms with Crippen molar-refractivity contribution in [1.29, 1.82) is 0 Å². The van der Waals surface area contributed by atoms with Crippen molar-refractivity contribution in [3.05, 3.63) is 25.7 Å². The summed E-state index contributed by atoms with van der Waals surface area (Å²) in [5.41, 5.74) is 0. The first-order valence-corrected chi connectivity index (χ1v) is 7.02. The van der Waals surface area contributed by atoms with Gasteiger partial charge in [0.15, 0.2) is 0 Å². The van der Waals surface area contributed by atoms with E-state index < -0.39 is 31.7 Å². The van der Waals surface area contributed by atoms with Gasteiger partial charge >= 0.3 is 20.2 Å². The average molecular weight is 256 g/mol. The highest BCUT2D eigenvalue weighted by Gasteiger charge is 2.14. The molecule has 0 heterocycles. The van der Waals surface area contributed by atoms with Gasteiger partial charge in [-0.1, -0.05) is 13.2 Å². The van der Waals surface area contributed by atoms with Crippen LogP contribution in [0.2, 0.25) is 0 Å². The van der Waals surface area contributed by atoms with E-state index in [1.165, 1.54) is 0 Å². The molecule has 0 fully saturated rings. The first kappa shape index (κ1) is 14.0. The van der Waals surface area contributed by atoms with Gasteiger partial charge in [-0.2, -0.15) is 16.8 Å². The molecular formula is C7H12O6S2. The molecule has 0 rings (SSSR count). The Balaban J connectivity index is 4.10. The lowest BCUT2D eigenvalue weighted by Gasteiger charge is -2.03. The van der Waals surface area contributed by atoms with Crippen LogP contribution >= 0.6 is 0 Å². The Labute approximate surface area is 89.4 Å². The summed E-state index contributed by atoms with van der Waals surface area (Å²) in [4.78, 5) is 0. The minimum atomic E-state index is -3.73. The molecule has 0 radical (unpaired) electrons. The lowest BCUT2D eigenvalue weighted by molar-refractivity contribution is 0.439. The van der Waals surface area contributed by atoms with Crippen LogP contribution in [-0.4, -0.2) is 28.3 Å². The molecule has 0 aromatic carbocycles. The van der Waals surface area contributed by atoms with E-state index in [1.54, 1.807) is 0 Å². The summed E-state index contributed by atoms with van der Waals surface area (Å²) in [6.07, 6.45) is 1.42. The summed E-state index contributed by atoms with van der Waals surface area (Å²) in [5.74, 6) is -0.836. The Morgan fingerprint density at radius 2 is 1.20 bits per heavy atom. The van der Waals surface area contributed by atoms with Crippen molar-refractivity contribution in [3.8, 4) is 0 Å². The fraction of sp³-hybridized carbons (Fsp3) is 0.429. The highest BCUT2D eigenvalue weighted by Crippen LogP contribution is 2.01. The molecule has 88 valence electrons. The maximum Gasteiger partial charge on any atom is 0.308 e. The van der Waals surface area contributed by atoms with E-state index in [0.717, 1.165) is 12.5 Å². The van der Waals surface area contributed by atoms with Crippen LogP contribution in [0.5, 0.6) is 0 Å². The van der Waals surface area contributed by atoms with E-state index >= 15 is 0 Å². The van der Waals surface area contributed by atoms with Gasteiger partial charge in [-0.05, 0) is 6.42 Å². The summed E-state index contributed by atoms with van der Waals surface area (Å²) in [6.45, 7) is 6.15. The third kappa shape index (κ3) is 6.97. The van der Waals surface area contributed by atoms with Crippen LogP contribution in [-0.2, 0) is 28.6 Å². The molecule has 0 bridgehead atoms. The predicted molar refractivity (Wildman–Crippen MR) is 54.8 cm³/mol. The molecule has 15 heavy (non-hydrogen) atoms. The van der Waals surface area contributed by atoms with E-state index in [1.807, 2.05) is 0 Å². The number of hydrogen-bond donors (Lipinski definition) is 0. The molecule has 0 N–H and O–H groups in total. The molecular weight excluding hydrogens is 244 g/mol. The van der Waals surface area contributed by atoms with Crippen LogP contribution in [0.15, 0.2) is 25.7 Å². The second kappa shape index (κ2) is 5.76. The van der Waals surface area contributed by atoms with Crippen molar-refractivity contribution >= 4 is 20.2 Å². The van der Waals surface area contributed by atoms with Crippen molar-refractivity contribution in [2.24, 2.45) is 0 Å². The van der Waals surface area contributed by atoms with Gasteiger partial charge in [-0.25, -0.2) is 0 Å². The third-order valence-corrected chi connectivity index (χ3v) is 3.65. The molecule has 0 saturated carbocycles. The van der Waals surface area contributed by atoms with Crippen LogP contribution in [0.1, 0.15) is 6.42 Å². The minimum absolute atomic E-state index is 0.119. The average Bonchev–Trinajstić information content (AvgIpc) is 2.02. The zero-order valence-corrected chi connectivity index (χ0v) is 9.59. The molecule has 6 nitrogen and oxygen atoms in total. The predicted octanol–water partition coefficient (Wildman–Crippen LogP) is 0.356. The first-order chi connectivity index (χ1) is 6.83. The van der Waals surface area contributed by atoms with Crippen molar-refractivity contribution in [3.63, 3.8) is 0 Å². The molecule has 0 atom stereocenters. The molecule has 0 aliphatic carbocycles. The fourth-order valence-corrected chi connectivity index (χ4v) is 2.50. The summed E-state index contributed by atoms with van der Waals surface area (Å²) in [6, 6.07) is 0. The molecule has 0 amide bonds. The van der Waals surface area contributed by atoms with Crippen molar-refractivity contribution in [2.75, 3.05) is 11.5 Å². The molecule has 0 unspecified atom stereocenters. The molecule has 8 heteroatoms. The SMILES string of the molecule is C=COS(=O)(=O)CCCS(=O)(=O)OC=C. The van der Waals surface area contributed by atoms with Crippen molar-refractivity contribution in [1.82, 2.24) is 0 Å². The third-order valence-electron chi connectivity index (χ3n) is 1.22. The normalized spacial score (nSPS) is 11.7. The molecule has 0 saturated heterocycles. The second-order valence-electron chi connectivity index (χ2n) is 2.40. The lowest BCUT2D eigenvalue weighted by atomic mass is 10.6. The van der Waals surface area contributed by atoms with Gasteiger partial charge in [-0.3, -0.25) is 0 Å². The summed E-state index contributed by atoms with van der Waals surface area (Å²) >= 11 is 0. The topological polar surface area (TPSA) is 86.7 Å². The Hall–Kier alpha value is -1.02. The van der Waals surface area contributed by atoms with Gasteiger partial charge in [-0.15, -0.1) is 0 Å². The highest BCUT2D eigenvalue weighted by molar-refractivity contribution is 7.87. The van der Waals surface area contributed by atoms with E-state index in [0.29, 0.717) is 0 Å². The van der Waals surface area contributed by atoms with Crippen molar-refractivity contribution < 1.29 is 25.2 Å². The van der Waals surface area contributed by atoms with E-state index in [-0.39, 0.29) is 6.42 Å². The zero-order chi connectivity index (χ0) is 11.9. The standard InChI is InChI=1S/C7H12O6S2/c1-3-12-14(8,9)6-5-7-15(10,11)13-4-2/h3-4H,1-2,5-7H2. The molecule has 0 aliphatic rings. The number of hydrogen-bond acceptors (Lipinski definition) is 6. The summed E-state index contributed by atoms with van der Waals surface area (Å²) in [5, 5.41) is 0. The van der Waals surface area contributed by atoms with Crippen LogP contribution in [0.25, 0.3) is 0 Å². The highest BCUT2D eigenvalue weighted by atomic mass is 32.2. The van der Waals surface area contributed by atoms with Crippen LogP contribution < -0.4 is 0 Å². The largest absolute Gasteiger partial charge is 0.391 e. The summed E-state index contributed by atoms with van der Waals surface area (Å²) < 4.78 is 52.1. The van der Waals surface area contributed by atoms with Crippen LogP contribution in [0, 0.1) is 0 Å². The fourth-order valence-electron chi connectivity index (χ4n) is 0.716. The van der Waals surface area contributed by atoms with Gasteiger partial charge in [0.1, 0.15) is 0 Å². The van der Waals surface area contributed by atoms with Gasteiger partial charge in [0.25, 0.3) is 0 Å². The van der Waals surface area contributed by atoms with Crippen LogP contribution in [0.4, 0.5) is 0 Å². The minimum Gasteiger partial charge on any atom is -0.391 e. The van der Waals surface area contributed by atoms with Gasteiger partial charge in [0, 0.05) is 0 Å². The Morgan fingerprint density at radius 3 is 1.47 bits per heavy atom. The molecule has 0 spiro atoms. The molecule has 0 aromatic heterocycles. The Bertz CT molecular complexity index is 365. The first-order valence-electron chi connectivity index (χ1n) is 3.87. The number of rotatable bonds is 8. The smallest absolute Gasteiger partial charge is 0.308 e. The molecule has 0 aromatic rings. The van der Waals surface area contributed by atoms with Gasteiger partial charge < -0.3 is 8.37 Å². The maximum absolute atomic E-state index is 10.9. The van der Waals surface area contributed by atoms with Crippen molar-refractivity contribution in [2.45, 2.75) is 6.42 Å². The van der Waals surface area contributed by atoms with E-state index in [2.05, 4.69) is 21.5 Å². The second-order valence-corrected chi connectivity index (χ2v) is 5.84. The van der Waals surface area contributed by atoms with Gasteiger partial charge in [0.05, 0.1) is 24.0 Å². The lowest BCUT2D eigenvalue weighted by Crippen LogP contribution is -2.13. The quantitative estimate of drug-likeness (QED) is 0.460. The molecule has 0 aliphatic heterocycles. The van der Waals surface area contributed by atoms with Gasteiger partial charge in [0.2, 0.25) is 0 Å². The Morgan fingerprint density at radius 1 is 0.867 bits per heavy atom. The monoisotopic (exact) mass is 256 g/mol. The summed E-state index contributed by atoms with van der Waals surface area (Å²) in [7, 11) is -7.47. The maximum atomic E-state index is 10.9. The Kier molecular flexibility index (Phi) is 5.37. The zero-order valence-electron chi connectivity index (χ0n) is 7.96. The van der Waals surface area contributed by atoms with E-state index in [9.17, 15) is 16.8 Å².